The van der Waals surface area contributed by atoms with Crippen molar-refractivity contribution in [3.05, 3.63) is 40.2 Å². The Morgan fingerprint density at radius 1 is 1.37 bits per heavy atom. The number of primary amides is 1. The van der Waals surface area contributed by atoms with E-state index in [-0.39, 0.29) is 11.7 Å². The topological polar surface area (TPSA) is 117 Å². The summed E-state index contributed by atoms with van der Waals surface area (Å²) in [5.74, 6) is -0.938. The second-order valence-corrected chi connectivity index (χ2v) is 7.60. The quantitative estimate of drug-likeness (QED) is 0.623. The molecule has 1 aliphatic rings. The molecule has 0 saturated heterocycles. The molecular weight excluding hydrogens is 364 g/mol. The Balaban J connectivity index is 1.57. The average molecular weight is 384 g/mol. The lowest BCUT2D eigenvalue weighted by Gasteiger charge is -2.24. The highest BCUT2D eigenvalue weighted by Crippen LogP contribution is 2.29. The van der Waals surface area contributed by atoms with E-state index >= 15 is 0 Å². The molecule has 140 valence electrons. The van der Waals surface area contributed by atoms with Crippen LogP contribution in [0, 0.1) is 0 Å². The van der Waals surface area contributed by atoms with Crippen molar-refractivity contribution in [3.8, 4) is 0 Å². The molecule has 27 heavy (non-hydrogen) atoms. The maximum Gasteiger partial charge on any atom is 0.284 e. The SMILES string of the molecule is CCCN1CCc2nc(NC(=O)c3cccc4[nH]c(C(N)=O)nc34)sc2C1. The highest BCUT2D eigenvalue weighted by atomic mass is 32.1. The zero-order chi connectivity index (χ0) is 19.0. The number of hydrogen-bond donors (Lipinski definition) is 3. The minimum absolute atomic E-state index is 0.0333. The second-order valence-electron chi connectivity index (χ2n) is 6.52. The summed E-state index contributed by atoms with van der Waals surface area (Å²) in [7, 11) is 0. The third-order valence-electron chi connectivity index (χ3n) is 4.56. The van der Waals surface area contributed by atoms with Crippen molar-refractivity contribution in [1.29, 1.82) is 0 Å². The van der Waals surface area contributed by atoms with Gasteiger partial charge in [0, 0.05) is 24.4 Å². The molecule has 2 aromatic heterocycles. The van der Waals surface area contributed by atoms with Gasteiger partial charge >= 0.3 is 0 Å². The first-order valence-electron chi connectivity index (χ1n) is 8.86. The number of nitrogens with zero attached hydrogens (tertiary/aromatic N) is 3. The number of rotatable bonds is 5. The van der Waals surface area contributed by atoms with E-state index in [0.717, 1.165) is 38.2 Å². The van der Waals surface area contributed by atoms with Gasteiger partial charge < -0.3 is 10.7 Å². The van der Waals surface area contributed by atoms with Gasteiger partial charge in [-0.15, -0.1) is 11.3 Å². The van der Waals surface area contributed by atoms with Crippen molar-refractivity contribution in [2.75, 3.05) is 18.4 Å². The van der Waals surface area contributed by atoms with Crippen LogP contribution in [-0.4, -0.2) is 44.8 Å². The van der Waals surface area contributed by atoms with Crippen LogP contribution in [-0.2, 0) is 13.0 Å². The zero-order valence-corrected chi connectivity index (χ0v) is 15.7. The fraction of sp³-hybridized carbons (Fsp3) is 0.333. The lowest BCUT2D eigenvalue weighted by atomic mass is 10.1. The molecule has 0 bridgehead atoms. The van der Waals surface area contributed by atoms with Crippen LogP contribution in [0.4, 0.5) is 5.13 Å². The molecule has 3 aromatic rings. The lowest BCUT2D eigenvalue weighted by molar-refractivity contribution is 0.0989. The summed E-state index contributed by atoms with van der Waals surface area (Å²) in [6, 6.07) is 5.14. The number of fused-ring (bicyclic) bond motifs is 2. The molecule has 4 N–H and O–H groups in total. The van der Waals surface area contributed by atoms with Crippen LogP contribution in [0.2, 0.25) is 0 Å². The predicted molar refractivity (Wildman–Crippen MR) is 104 cm³/mol. The monoisotopic (exact) mass is 384 g/mol. The summed E-state index contributed by atoms with van der Waals surface area (Å²) >= 11 is 1.52. The number of aromatic nitrogens is 3. The van der Waals surface area contributed by atoms with Gasteiger partial charge in [-0.2, -0.15) is 0 Å². The third-order valence-corrected chi connectivity index (χ3v) is 5.56. The smallest absolute Gasteiger partial charge is 0.284 e. The Morgan fingerprint density at radius 3 is 3.00 bits per heavy atom. The van der Waals surface area contributed by atoms with Crippen LogP contribution in [0.1, 0.15) is 44.9 Å². The minimum atomic E-state index is -0.665. The van der Waals surface area contributed by atoms with Crippen LogP contribution in [0.3, 0.4) is 0 Å². The largest absolute Gasteiger partial charge is 0.363 e. The number of nitrogens with two attached hydrogens (primary N) is 1. The first kappa shape index (κ1) is 17.6. The summed E-state index contributed by atoms with van der Waals surface area (Å²) in [5.41, 5.74) is 7.71. The highest BCUT2D eigenvalue weighted by Gasteiger charge is 2.22. The zero-order valence-electron chi connectivity index (χ0n) is 14.9. The number of para-hydroxylation sites is 1. The van der Waals surface area contributed by atoms with Crippen molar-refractivity contribution < 1.29 is 9.59 Å². The van der Waals surface area contributed by atoms with Gasteiger partial charge in [0.25, 0.3) is 11.8 Å². The number of H-pyrrole nitrogens is 1. The van der Waals surface area contributed by atoms with Gasteiger partial charge in [-0.25, -0.2) is 9.97 Å². The number of carbonyl (C=O) groups excluding carboxylic acids is 2. The van der Waals surface area contributed by atoms with Crippen LogP contribution in [0.5, 0.6) is 0 Å². The Hall–Kier alpha value is -2.78. The van der Waals surface area contributed by atoms with E-state index in [1.165, 1.54) is 16.2 Å². The van der Waals surface area contributed by atoms with E-state index in [4.69, 9.17) is 5.73 Å². The van der Waals surface area contributed by atoms with Crippen molar-refractivity contribution >= 4 is 39.3 Å². The number of imidazole rings is 1. The van der Waals surface area contributed by atoms with Crippen molar-refractivity contribution in [2.24, 2.45) is 5.73 Å². The van der Waals surface area contributed by atoms with Gasteiger partial charge in [0.1, 0.15) is 5.52 Å². The fourth-order valence-electron chi connectivity index (χ4n) is 3.31. The molecule has 2 amide bonds. The molecule has 3 heterocycles. The summed E-state index contributed by atoms with van der Waals surface area (Å²) in [4.78, 5) is 39.3. The summed E-state index contributed by atoms with van der Waals surface area (Å²) in [6.07, 6.45) is 2.03. The summed E-state index contributed by atoms with van der Waals surface area (Å²) in [6.45, 7) is 5.13. The van der Waals surface area contributed by atoms with Gasteiger partial charge in [0.05, 0.1) is 16.8 Å². The predicted octanol–water partition coefficient (Wildman–Crippen LogP) is 2.14. The number of thiazole rings is 1. The molecule has 4 rings (SSSR count). The number of hydrogen-bond acceptors (Lipinski definition) is 6. The molecule has 0 atom stereocenters. The molecular formula is C18H20N6O2S. The van der Waals surface area contributed by atoms with E-state index < -0.39 is 5.91 Å². The van der Waals surface area contributed by atoms with Crippen molar-refractivity contribution in [1.82, 2.24) is 19.9 Å². The molecule has 0 unspecified atom stereocenters. The van der Waals surface area contributed by atoms with Crippen LogP contribution in [0.15, 0.2) is 18.2 Å². The number of nitrogens with one attached hydrogen (secondary N) is 2. The highest BCUT2D eigenvalue weighted by molar-refractivity contribution is 7.15. The van der Waals surface area contributed by atoms with E-state index in [1.54, 1.807) is 18.2 Å². The van der Waals surface area contributed by atoms with Gasteiger partial charge in [0.2, 0.25) is 0 Å². The van der Waals surface area contributed by atoms with Gasteiger partial charge in [0.15, 0.2) is 11.0 Å². The first-order valence-corrected chi connectivity index (χ1v) is 9.67. The molecule has 9 heteroatoms. The molecule has 0 radical (unpaired) electrons. The standard InChI is InChI=1S/C18H20N6O2S/c1-2-7-24-8-6-11-13(9-24)27-18(21-11)23-17(26)10-4-3-5-12-14(10)22-16(20-12)15(19)25/h3-5H,2,6-9H2,1H3,(H2,19,25)(H,20,22)(H,21,23,26). The lowest BCUT2D eigenvalue weighted by Crippen LogP contribution is -2.30. The molecule has 1 aromatic carbocycles. The van der Waals surface area contributed by atoms with Crippen molar-refractivity contribution in [2.45, 2.75) is 26.3 Å². The van der Waals surface area contributed by atoms with E-state index in [0.29, 0.717) is 21.7 Å². The molecule has 0 fully saturated rings. The Kier molecular flexibility index (Phi) is 4.63. The number of anilines is 1. The molecule has 8 nitrogen and oxygen atoms in total. The van der Waals surface area contributed by atoms with Crippen LogP contribution in [0.25, 0.3) is 11.0 Å². The molecule has 0 saturated carbocycles. The number of carbonyl (C=O) groups is 2. The fourth-order valence-corrected chi connectivity index (χ4v) is 4.35. The first-order chi connectivity index (χ1) is 13.0. The number of aromatic amines is 1. The van der Waals surface area contributed by atoms with E-state index in [9.17, 15) is 9.59 Å². The molecule has 0 spiro atoms. The maximum atomic E-state index is 12.8. The normalized spacial score (nSPS) is 14.3. The number of benzene rings is 1. The minimum Gasteiger partial charge on any atom is -0.363 e. The van der Waals surface area contributed by atoms with Crippen LogP contribution >= 0.6 is 11.3 Å². The van der Waals surface area contributed by atoms with Gasteiger partial charge in [-0.3, -0.25) is 19.8 Å². The van der Waals surface area contributed by atoms with E-state index in [2.05, 4.69) is 32.1 Å². The number of amides is 2. The average Bonchev–Trinajstić information content (AvgIpc) is 3.24. The Bertz CT molecular complexity index is 1020. The van der Waals surface area contributed by atoms with Crippen molar-refractivity contribution in [3.63, 3.8) is 0 Å². The maximum absolute atomic E-state index is 12.8. The molecule has 1 aliphatic heterocycles. The second kappa shape index (κ2) is 7.09. The third kappa shape index (κ3) is 3.43. The van der Waals surface area contributed by atoms with Gasteiger partial charge in [-0.1, -0.05) is 13.0 Å². The Morgan fingerprint density at radius 2 is 2.22 bits per heavy atom. The summed E-state index contributed by atoms with van der Waals surface area (Å²) < 4.78 is 0. The van der Waals surface area contributed by atoms with Gasteiger partial charge in [-0.05, 0) is 25.1 Å². The van der Waals surface area contributed by atoms with Crippen LogP contribution < -0.4 is 11.1 Å². The summed E-state index contributed by atoms with van der Waals surface area (Å²) in [5, 5.41) is 3.46. The Labute approximate surface area is 159 Å². The molecule has 0 aliphatic carbocycles. The van der Waals surface area contributed by atoms with E-state index in [1.807, 2.05) is 0 Å².